The molecule has 0 heterocycles. The maximum Gasteiger partial charge on any atom is 0.224 e. The van der Waals surface area contributed by atoms with Crippen LogP contribution in [0.15, 0.2) is 18.2 Å². The van der Waals surface area contributed by atoms with Crippen LogP contribution in [0, 0.1) is 25.2 Å². The minimum atomic E-state index is -0.110. The van der Waals surface area contributed by atoms with Crippen LogP contribution in [0.3, 0.4) is 0 Å². The molecule has 112 valence electrons. The third-order valence-electron chi connectivity index (χ3n) is 3.26. The molecule has 0 aliphatic heterocycles. The Morgan fingerprint density at radius 3 is 2.20 bits per heavy atom. The molecule has 1 aromatic rings. The zero-order valence-corrected chi connectivity index (χ0v) is 13.4. The van der Waals surface area contributed by atoms with E-state index in [1.165, 1.54) is 11.1 Å². The van der Waals surface area contributed by atoms with E-state index in [2.05, 4.69) is 58.1 Å². The van der Waals surface area contributed by atoms with Crippen molar-refractivity contribution in [3.63, 3.8) is 0 Å². The molecule has 0 aliphatic rings. The van der Waals surface area contributed by atoms with Crippen LogP contribution in [0.4, 0.5) is 0 Å². The fourth-order valence-corrected chi connectivity index (χ4v) is 2.53. The molecule has 20 heavy (non-hydrogen) atoms. The van der Waals surface area contributed by atoms with Crippen LogP contribution < -0.4 is 11.1 Å². The van der Waals surface area contributed by atoms with E-state index in [4.69, 9.17) is 5.73 Å². The summed E-state index contributed by atoms with van der Waals surface area (Å²) in [5.74, 6) is -0.0532. The Labute approximate surface area is 122 Å². The quantitative estimate of drug-likeness (QED) is 0.868. The van der Waals surface area contributed by atoms with E-state index in [-0.39, 0.29) is 17.2 Å². The van der Waals surface area contributed by atoms with E-state index < -0.39 is 0 Å². The maximum absolute atomic E-state index is 12.2. The summed E-state index contributed by atoms with van der Waals surface area (Å²) in [5.41, 5.74) is 9.43. The van der Waals surface area contributed by atoms with Gasteiger partial charge in [-0.05, 0) is 31.2 Å². The predicted molar refractivity (Wildman–Crippen MR) is 84.4 cm³/mol. The van der Waals surface area contributed by atoms with Gasteiger partial charge in [0.05, 0.1) is 5.92 Å². The van der Waals surface area contributed by atoms with Crippen molar-refractivity contribution in [2.75, 3.05) is 6.54 Å². The molecule has 1 unspecified atom stereocenters. The van der Waals surface area contributed by atoms with Crippen molar-refractivity contribution in [3.8, 4) is 0 Å². The highest BCUT2D eigenvalue weighted by Gasteiger charge is 2.23. The van der Waals surface area contributed by atoms with E-state index in [1.807, 2.05) is 0 Å². The van der Waals surface area contributed by atoms with Crippen LogP contribution in [0.1, 0.15) is 43.9 Å². The van der Waals surface area contributed by atoms with Crippen molar-refractivity contribution in [2.45, 2.75) is 47.6 Å². The Bertz CT molecular complexity index is 440. The highest BCUT2D eigenvalue weighted by Crippen LogP contribution is 2.24. The summed E-state index contributed by atoms with van der Waals surface area (Å²) in [4.78, 5) is 12.2. The van der Waals surface area contributed by atoms with E-state index in [0.717, 1.165) is 12.0 Å². The average molecular weight is 276 g/mol. The van der Waals surface area contributed by atoms with Gasteiger partial charge in [0.2, 0.25) is 5.91 Å². The van der Waals surface area contributed by atoms with Crippen molar-refractivity contribution in [2.24, 2.45) is 17.1 Å². The summed E-state index contributed by atoms with van der Waals surface area (Å²) < 4.78 is 0. The number of carbonyl (C=O) groups is 1. The lowest BCUT2D eigenvalue weighted by molar-refractivity contribution is -0.125. The largest absolute Gasteiger partial charge is 0.352 e. The summed E-state index contributed by atoms with van der Waals surface area (Å²) in [5, 5.41) is 3.01. The van der Waals surface area contributed by atoms with E-state index >= 15 is 0 Å². The molecule has 1 rings (SSSR count). The summed E-state index contributed by atoms with van der Waals surface area (Å²) >= 11 is 0. The van der Waals surface area contributed by atoms with Gasteiger partial charge in [0.1, 0.15) is 0 Å². The van der Waals surface area contributed by atoms with Crippen molar-refractivity contribution in [1.29, 1.82) is 0 Å². The second-order valence-corrected chi connectivity index (χ2v) is 6.91. The Morgan fingerprint density at radius 2 is 1.75 bits per heavy atom. The molecule has 3 N–H and O–H groups in total. The van der Waals surface area contributed by atoms with Gasteiger partial charge in [-0.25, -0.2) is 0 Å². The molecule has 0 radical (unpaired) electrons. The summed E-state index contributed by atoms with van der Waals surface area (Å²) in [7, 11) is 0. The van der Waals surface area contributed by atoms with Gasteiger partial charge in [-0.15, -0.1) is 0 Å². The van der Waals surface area contributed by atoms with Gasteiger partial charge < -0.3 is 11.1 Å². The minimum absolute atomic E-state index is 0.0570. The maximum atomic E-state index is 12.2. The van der Waals surface area contributed by atoms with Gasteiger partial charge in [-0.1, -0.05) is 50.1 Å². The number of rotatable bonds is 5. The van der Waals surface area contributed by atoms with Crippen molar-refractivity contribution >= 4 is 5.91 Å². The average Bonchev–Trinajstić information content (AvgIpc) is 2.30. The third-order valence-corrected chi connectivity index (χ3v) is 3.26. The third kappa shape index (κ3) is 5.74. The number of nitrogens with one attached hydrogen (secondary N) is 1. The van der Waals surface area contributed by atoms with Crippen LogP contribution in [0.2, 0.25) is 0 Å². The standard InChI is InChI=1S/C17H28N2O/c1-12-6-13(2)8-14(7-12)11-19-16(20)15(10-18)9-17(3,4)5/h6-8,15H,9-11,18H2,1-5H3,(H,19,20). The molecule has 0 saturated heterocycles. The van der Waals surface area contributed by atoms with Crippen LogP contribution in [-0.4, -0.2) is 12.5 Å². The number of carbonyl (C=O) groups excluding carboxylic acids is 1. The highest BCUT2D eigenvalue weighted by molar-refractivity contribution is 5.78. The lowest BCUT2D eigenvalue weighted by Crippen LogP contribution is -2.36. The fourth-order valence-electron chi connectivity index (χ4n) is 2.53. The Hall–Kier alpha value is -1.35. The van der Waals surface area contributed by atoms with Crippen molar-refractivity contribution in [3.05, 3.63) is 34.9 Å². The number of benzene rings is 1. The van der Waals surface area contributed by atoms with E-state index in [9.17, 15) is 4.79 Å². The molecule has 0 saturated carbocycles. The Balaban J connectivity index is 2.61. The summed E-state index contributed by atoms with van der Waals surface area (Å²) in [6.45, 7) is 11.5. The number of hydrogen-bond acceptors (Lipinski definition) is 2. The SMILES string of the molecule is Cc1cc(C)cc(CNC(=O)C(CN)CC(C)(C)C)c1. The number of aryl methyl sites for hydroxylation is 2. The second kappa shape index (κ2) is 6.89. The molecule has 1 aromatic carbocycles. The molecule has 0 aromatic heterocycles. The summed E-state index contributed by atoms with van der Waals surface area (Å²) in [6, 6.07) is 6.34. The number of amides is 1. The van der Waals surface area contributed by atoms with Gasteiger partial charge in [-0.2, -0.15) is 0 Å². The first-order valence-electron chi connectivity index (χ1n) is 7.26. The van der Waals surface area contributed by atoms with Crippen LogP contribution in [0.5, 0.6) is 0 Å². The zero-order chi connectivity index (χ0) is 15.3. The van der Waals surface area contributed by atoms with Gasteiger partial charge >= 0.3 is 0 Å². The first-order valence-corrected chi connectivity index (χ1v) is 7.26. The first kappa shape index (κ1) is 16.7. The van der Waals surface area contributed by atoms with Crippen LogP contribution in [-0.2, 0) is 11.3 Å². The molecular weight excluding hydrogens is 248 g/mol. The highest BCUT2D eigenvalue weighted by atomic mass is 16.1. The molecule has 0 spiro atoms. The van der Waals surface area contributed by atoms with Crippen molar-refractivity contribution in [1.82, 2.24) is 5.32 Å². The smallest absolute Gasteiger partial charge is 0.224 e. The molecule has 3 nitrogen and oxygen atoms in total. The summed E-state index contributed by atoms with van der Waals surface area (Å²) in [6.07, 6.45) is 0.808. The van der Waals surface area contributed by atoms with Gasteiger partial charge in [0, 0.05) is 13.1 Å². The normalized spacial score (nSPS) is 13.1. The Kier molecular flexibility index (Phi) is 5.75. The molecular formula is C17H28N2O. The Morgan fingerprint density at radius 1 is 1.20 bits per heavy atom. The lowest BCUT2D eigenvalue weighted by atomic mass is 9.84. The van der Waals surface area contributed by atoms with Gasteiger partial charge in [-0.3, -0.25) is 4.79 Å². The van der Waals surface area contributed by atoms with Crippen LogP contribution in [0.25, 0.3) is 0 Å². The lowest BCUT2D eigenvalue weighted by Gasteiger charge is -2.24. The predicted octanol–water partition coefficient (Wildman–Crippen LogP) is 2.93. The van der Waals surface area contributed by atoms with E-state index in [1.54, 1.807) is 0 Å². The zero-order valence-electron chi connectivity index (χ0n) is 13.4. The second-order valence-electron chi connectivity index (χ2n) is 6.91. The van der Waals surface area contributed by atoms with E-state index in [0.29, 0.717) is 13.1 Å². The molecule has 3 heteroatoms. The van der Waals surface area contributed by atoms with Crippen molar-refractivity contribution < 1.29 is 4.79 Å². The molecule has 1 amide bonds. The molecule has 0 aliphatic carbocycles. The molecule has 0 fully saturated rings. The number of nitrogens with two attached hydrogens (primary N) is 1. The van der Waals surface area contributed by atoms with Crippen LogP contribution >= 0.6 is 0 Å². The topological polar surface area (TPSA) is 55.1 Å². The minimum Gasteiger partial charge on any atom is -0.352 e. The first-order chi connectivity index (χ1) is 9.21. The van der Waals surface area contributed by atoms with Gasteiger partial charge in [0.15, 0.2) is 0 Å². The molecule has 1 atom stereocenters. The van der Waals surface area contributed by atoms with Gasteiger partial charge in [0.25, 0.3) is 0 Å². The fraction of sp³-hybridized carbons (Fsp3) is 0.588. The number of hydrogen-bond donors (Lipinski definition) is 2. The molecule has 0 bridgehead atoms. The monoisotopic (exact) mass is 276 g/mol.